The van der Waals surface area contributed by atoms with Crippen molar-refractivity contribution >= 4 is 0 Å². The molecule has 0 spiro atoms. The van der Waals surface area contributed by atoms with Gasteiger partial charge in [0.05, 0.1) is 12.2 Å². The standard InChI is InChI=1S/C15H30O/c1-7-9-15(5,6)11-13-12(16-13)10-14(3,4)8-2/h12-13H,7-11H2,1-6H3. The maximum absolute atomic E-state index is 5.84. The van der Waals surface area contributed by atoms with Crippen LogP contribution >= 0.6 is 0 Å². The van der Waals surface area contributed by atoms with Gasteiger partial charge in [-0.1, -0.05) is 54.4 Å². The third-order valence-corrected chi connectivity index (χ3v) is 4.08. The summed E-state index contributed by atoms with van der Waals surface area (Å²) < 4.78 is 5.84. The van der Waals surface area contributed by atoms with Crippen molar-refractivity contribution in [1.29, 1.82) is 0 Å². The van der Waals surface area contributed by atoms with E-state index in [0.717, 1.165) is 0 Å². The molecule has 1 fully saturated rings. The second-order valence-electron chi connectivity index (χ2n) is 7.05. The van der Waals surface area contributed by atoms with Crippen molar-refractivity contribution in [3.05, 3.63) is 0 Å². The minimum atomic E-state index is 0.453. The van der Waals surface area contributed by atoms with E-state index in [-0.39, 0.29) is 0 Å². The van der Waals surface area contributed by atoms with Gasteiger partial charge in [0.25, 0.3) is 0 Å². The van der Waals surface area contributed by atoms with Gasteiger partial charge in [0.1, 0.15) is 0 Å². The van der Waals surface area contributed by atoms with Crippen LogP contribution in [0, 0.1) is 10.8 Å². The van der Waals surface area contributed by atoms with Crippen molar-refractivity contribution in [2.75, 3.05) is 0 Å². The minimum absolute atomic E-state index is 0.453. The van der Waals surface area contributed by atoms with E-state index < -0.39 is 0 Å². The lowest BCUT2D eigenvalue weighted by molar-refractivity contribution is 0.244. The largest absolute Gasteiger partial charge is 0.370 e. The second-order valence-corrected chi connectivity index (χ2v) is 7.05. The average molecular weight is 226 g/mol. The summed E-state index contributed by atoms with van der Waals surface area (Å²) in [5.74, 6) is 0. The molecule has 0 radical (unpaired) electrons. The van der Waals surface area contributed by atoms with Crippen LogP contribution in [-0.2, 0) is 4.74 Å². The van der Waals surface area contributed by atoms with Crippen molar-refractivity contribution in [2.24, 2.45) is 10.8 Å². The highest BCUT2D eigenvalue weighted by atomic mass is 16.6. The van der Waals surface area contributed by atoms with Crippen LogP contribution in [0.2, 0.25) is 0 Å². The lowest BCUT2D eigenvalue weighted by Crippen LogP contribution is -2.18. The van der Waals surface area contributed by atoms with Gasteiger partial charge in [0.2, 0.25) is 0 Å². The molecule has 2 atom stereocenters. The second kappa shape index (κ2) is 5.08. The van der Waals surface area contributed by atoms with Crippen LogP contribution in [0.4, 0.5) is 0 Å². The van der Waals surface area contributed by atoms with E-state index >= 15 is 0 Å². The molecule has 0 amide bonds. The van der Waals surface area contributed by atoms with Gasteiger partial charge in [-0.2, -0.15) is 0 Å². The molecule has 0 saturated carbocycles. The highest BCUT2D eigenvalue weighted by Gasteiger charge is 2.44. The molecular formula is C15H30O. The minimum Gasteiger partial charge on any atom is -0.370 e. The Balaban J connectivity index is 2.29. The highest BCUT2D eigenvalue weighted by molar-refractivity contribution is 4.92. The molecular weight excluding hydrogens is 196 g/mol. The molecule has 0 aromatic heterocycles. The normalized spacial score (nSPS) is 25.9. The fourth-order valence-electron chi connectivity index (χ4n) is 2.55. The topological polar surface area (TPSA) is 12.5 Å². The maximum Gasteiger partial charge on any atom is 0.0847 e. The van der Waals surface area contributed by atoms with E-state index in [1.165, 1.54) is 32.1 Å². The average Bonchev–Trinajstić information content (AvgIpc) is 2.81. The van der Waals surface area contributed by atoms with Gasteiger partial charge in [-0.25, -0.2) is 0 Å². The Bertz CT molecular complexity index is 217. The van der Waals surface area contributed by atoms with Crippen molar-refractivity contribution in [3.63, 3.8) is 0 Å². The van der Waals surface area contributed by atoms with E-state index in [1.54, 1.807) is 0 Å². The lowest BCUT2D eigenvalue weighted by Gasteiger charge is -2.24. The van der Waals surface area contributed by atoms with Crippen molar-refractivity contribution < 1.29 is 4.74 Å². The summed E-state index contributed by atoms with van der Waals surface area (Å²) in [7, 11) is 0. The van der Waals surface area contributed by atoms with Gasteiger partial charge in [0, 0.05) is 0 Å². The third kappa shape index (κ3) is 4.45. The molecule has 1 aliphatic rings. The third-order valence-electron chi connectivity index (χ3n) is 4.08. The Kier molecular flexibility index (Phi) is 4.45. The first kappa shape index (κ1) is 14.0. The quantitative estimate of drug-likeness (QED) is 0.568. The number of hydrogen-bond donors (Lipinski definition) is 0. The smallest absolute Gasteiger partial charge is 0.0847 e. The predicted octanol–water partition coefficient (Wildman–Crippen LogP) is 4.80. The van der Waals surface area contributed by atoms with Crippen LogP contribution in [0.25, 0.3) is 0 Å². The Hall–Kier alpha value is -0.0400. The Morgan fingerprint density at radius 3 is 1.81 bits per heavy atom. The van der Waals surface area contributed by atoms with Gasteiger partial charge in [-0.3, -0.25) is 0 Å². The van der Waals surface area contributed by atoms with Crippen molar-refractivity contribution in [3.8, 4) is 0 Å². The first-order chi connectivity index (χ1) is 7.29. The fraction of sp³-hybridized carbons (Fsp3) is 1.00. The maximum atomic E-state index is 5.84. The first-order valence-corrected chi connectivity index (χ1v) is 6.95. The number of epoxide rings is 1. The molecule has 1 nitrogen and oxygen atoms in total. The predicted molar refractivity (Wildman–Crippen MR) is 70.7 cm³/mol. The van der Waals surface area contributed by atoms with E-state index in [9.17, 15) is 0 Å². The molecule has 1 heteroatoms. The monoisotopic (exact) mass is 226 g/mol. The molecule has 0 N–H and O–H groups in total. The number of hydrogen-bond acceptors (Lipinski definition) is 1. The van der Waals surface area contributed by atoms with Gasteiger partial charge >= 0.3 is 0 Å². The van der Waals surface area contributed by atoms with Gasteiger partial charge < -0.3 is 4.74 Å². The Morgan fingerprint density at radius 1 is 0.875 bits per heavy atom. The zero-order chi connectivity index (χ0) is 12.4. The summed E-state index contributed by atoms with van der Waals surface area (Å²) in [6.45, 7) is 14.0. The van der Waals surface area contributed by atoms with Crippen LogP contribution in [0.3, 0.4) is 0 Å². The van der Waals surface area contributed by atoms with Crippen molar-refractivity contribution in [2.45, 2.75) is 85.9 Å². The zero-order valence-electron chi connectivity index (χ0n) is 12.1. The van der Waals surface area contributed by atoms with E-state index in [0.29, 0.717) is 23.0 Å². The molecule has 2 unspecified atom stereocenters. The fourth-order valence-corrected chi connectivity index (χ4v) is 2.55. The van der Waals surface area contributed by atoms with E-state index in [2.05, 4.69) is 41.5 Å². The molecule has 0 aromatic carbocycles. The molecule has 1 rings (SSSR count). The van der Waals surface area contributed by atoms with Crippen molar-refractivity contribution in [1.82, 2.24) is 0 Å². The number of ether oxygens (including phenoxy) is 1. The number of rotatable bonds is 7. The molecule has 16 heavy (non-hydrogen) atoms. The Labute approximate surface area is 102 Å². The summed E-state index contributed by atoms with van der Waals surface area (Å²) in [5.41, 5.74) is 0.916. The summed E-state index contributed by atoms with van der Waals surface area (Å²) in [5, 5.41) is 0. The van der Waals surface area contributed by atoms with Gasteiger partial charge in [-0.05, 0) is 30.1 Å². The summed E-state index contributed by atoms with van der Waals surface area (Å²) in [6.07, 6.45) is 7.42. The van der Waals surface area contributed by atoms with Gasteiger partial charge in [-0.15, -0.1) is 0 Å². The molecule has 0 aliphatic carbocycles. The molecule has 1 aliphatic heterocycles. The highest BCUT2D eigenvalue weighted by Crippen LogP contribution is 2.42. The molecule has 96 valence electrons. The van der Waals surface area contributed by atoms with E-state index in [1.807, 2.05) is 0 Å². The van der Waals surface area contributed by atoms with E-state index in [4.69, 9.17) is 4.74 Å². The molecule has 0 aromatic rings. The summed E-state index contributed by atoms with van der Waals surface area (Å²) in [4.78, 5) is 0. The molecule has 0 bridgehead atoms. The van der Waals surface area contributed by atoms with Crippen LogP contribution < -0.4 is 0 Å². The van der Waals surface area contributed by atoms with Crippen LogP contribution in [0.15, 0.2) is 0 Å². The Morgan fingerprint density at radius 2 is 1.38 bits per heavy atom. The first-order valence-electron chi connectivity index (χ1n) is 6.95. The SMILES string of the molecule is CCCC(C)(C)CC1OC1CC(C)(C)CC. The van der Waals surface area contributed by atoms with Crippen LogP contribution in [0.1, 0.15) is 73.6 Å². The summed E-state index contributed by atoms with van der Waals surface area (Å²) in [6, 6.07) is 0. The zero-order valence-corrected chi connectivity index (χ0v) is 12.1. The summed E-state index contributed by atoms with van der Waals surface area (Å²) >= 11 is 0. The molecule has 1 saturated heterocycles. The van der Waals surface area contributed by atoms with Gasteiger partial charge in [0.15, 0.2) is 0 Å². The van der Waals surface area contributed by atoms with Crippen LogP contribution in [0.5, 0.6) is 0 Å². The van der Waals surface area contributed by atoms with Crippen LogP contribution in [-0.4, -0.2) is 12.2 Å². The molecule has 1 heterocycles. The lowest BCUT2D eigenvalue weighted by atomic mass is 9.80.